The van der Waals surface area contributed by atoms with Crippen LogP contribution in [0.25, 0.3) is 0 Å². The Labute approximate surface area is 124 Å². The summed E-state index contributed by atoms with van der Waals surface area (Å²) in [5, 5.41) is 0. The van der Waals surface area contributed by atoms with Crippen molar-refractivity contribution in [2.75, 3.05) is 0 Å². The SMILES string of the molecule is Cc1ccc(Oc2ccc(OC3CCC(=O)C3)cc2)cc1. The molecular formula is C18H18O3. The van der Waals surface area contributed by atoms with E-state index >= 15 is 0 Å². The van der Waals surface area contributed by atoms with Crippen LogP contribution < -0.4 is 9.47 Å². The van der Waals surface area contributed by atoms with Gasteiger partial charge in [-0.1, -0.05) is 17.7 Å². The normalized spacial score (nSPS) is 17.8. The smallest absolute Gasteiger partial charge is 0.136 e. The van der Waals surface area contributed by atoms with Gasteiger partial charge in [-0.2, -0.15) is 0 Å². The molecule has 3 rings (SSSR count). The van der Waals surface area contributed by atoms with Crippen LogP contribution in [-0.4, -0.2) is 11.9 Å². The number of benzene rings is 2. The third-order valence-corrected chi connectivity index (χ3v) is 3.58. The van der Waals surface area contributed by atoms with Crippen molar-refractivity contribution in [3.63, 3.8) is 0 Å². The minimum absolute atomic E-state index is 0.0290. The molecule has 1 aliphatic rings. The van der Waals surface area contributed by atoms with Crippen LogP contribution in [0.5, 0.6) is 17.2 Å². The number of rotatable bonds is 4. The Morgan fingerprint density at radius 2 is 1.48 bits per heavy atom. The Bertz CT molecular complexity index is 614. The van der Waals surface area contributed by atoms with E-state index in [1.807, 2.05) is 55.5 Å². The van der Waals surface area contributed by atoms with E-state index in [-0.39, 0.29) is 6.10 Å². The number of carbonyl (C=O) groups excluding carboxylic acids is 1. The van der Waals surface area contributed by atoms with Crippen molar-refractivity contribution in [2.24, 2.45) is 0 Å². The Hall–Kier alpha value is -2.29. The summed E-state index contributed by atoms with van der Waals surface area (Å²) < 4.78 is 11.6. The highest BCUT2D eigenvalue weighted by Gasteiger charge is 2.23. The first kappa shape index (κ1) is 13.7. The summed E-state index contributed by atoms with van der Waals surface area (Å²) in [7, 11) is 0. The first-order valence-electron chi connectivity index (χ1n) is 7.22. The standard InChI is InChI=1S/C18H18O3/c1-13-2-5-15(6-3-13)20-16-8-10-17(11-9-16)21-18-7-4-14(19)12-18/h2-3,5-6,8-11,18H,4,7,12H2,1H3. The zero-order valence-corrected chi connectivity index (χ0v) is 12.0. The van der Waals surface area contributed by atoms with Crippen molar-refractivity contribution in [1.29, 1.82) is 0 Å². The number of hydrogen-bond acceptors (Lipinski definition) is 3. The summed E-state index contributed by atoms with van der Waals surface area (Å²) in [5.41, 5.74) is 1.21. The predicted molar refractivity (Wildman–Crippen MR) is 81.0 cm³/mol. The van der Waals surface area contributed by atoms with Gasteiger partial charge in [0.25, 0.3) is 0 Å². The summed E-state index contributed by atoms with van der Waals surface area (Å²) in [5.74, 6) is 2.66. The van der Waals surface area contributed by atoms with Gasteiger partial charge in [0.15, 0.2) is 0 Å². The predicted octanol–water partition coefficient (Wildman–Crippen LogP) is 4.29. The van der Waals surface area contributed by atoms with Crippen LogP contribution in [0.3, 0.4) is 0 Å². The van der Waals surface area contributed by atoms with Crippen molar-refractivity contribution >= 4 is 5.78 Å². The highest BCUT2D eigenvalue weighted by molar-refractivity contribution is 5.81. The first-order valence-corrected chi connectivity index (χ1v) is 7.22. The summed E-state index contributed by atoms with van der Waals surface area (Å²) >= 11 is 0. The fourth-order valence-corrected chi connectivity index (χ4v) is 2.40. The molecule has 0 saturated heterocycles. The second-order valence-corrected chi connectivity index (χ2v) is 5.41. The van der Waals surface area contributed by atoms with Gasteiger partial charge >= 0.3 is 0 Å². The largest absolute Gasteiger partial charge is 0.490 e. The number of ketones is 1. The average molecular weight is 282 g/mol. The van der Waals surface area contributed by atoms with Crippen molar-refractivity contribution in [2.45, 2.75) is 32.3 Å². The van der Waals surface area contributed by atoms with Crippen LogP contribution >= 0.6 is 0 Å². The molecule has 3 nitrogen and oxygen atoms in total. The third kappa shape index (κ3) is 3.63. The fourth-order valence-electron chi connectivity index (χ4n) is 2.40. The van der Waals surface area contributed by atoms with Crippen molar-refractivity contribution in [3.05, 3.63) is 54.1 Å². The maximum Gasteiger partial charge on any atom is 0.136 e. The Morgan fingerprint density at radius 3 is 2.05 bits per heavy atom. The lowest BCUT2D eigenvalue weighted by molar-refractivity contribution is -0.117. The van der Waals surface area contributed by atoms with Gasteiger partial charge in [0, 0.05) is 12.8 Å². The number of ether oxygens (including phenoxy) is 2. The molecule has 0 spiro atoms. The summed E-state index contributed by atoms with van der Waals surface area (Å²) in [6, 6.07) is 15.5. The summed E-state index contributed by atoms with van der Waals surface area (Å²) in [6.45, 7) is 2.05. The van der Waals surface area contributed by atoms with Crippen LogP contribution in [0.1, 0.15) is 24.8 Å². The van der Waals surface area contributed by atoms with Gasteiger partial charge in [-0.3, -0.25) is 4.79 Å². The number of Topliss-reactive ketones (excluding diaryl/α,β-unsaturated/α-hetero) is 1. The average Bonchev–Trinajstić information content (AvgIpc) is 2.89. The highest BCUT2D eigenvalue weighted by Crippen LogP contribution is 2.26. The third-order valence-electron chi connectivity index (χ3n) is 3.58. The van der Waals surface area contributed by atoms with E-state index < -0.39 is 0 Å². The molecule has 2 aromatic carbocycles. The first-order chi connectivity index (χ1) is 10.2. The van der Waals surface area contributed by atoms with Crippen LogP contribution in [0.2, 0.25) is 0 Å². The molecule has 0 N–H and O–H groups in total. The quantitative estimate of drug-likeness (QED) is 0.839. The van der Waals surface area contributed by atoms with Gasteiger partial charge < -0.3 is 9.47 Å². The molecule has 1 aliphatic carbocycles. The Kier molecular flexibility index (Phi) is 3.91. The lowest BCUT2D eigenvalue weighted by Gasteiger charge is -2.13. The second-order valence-electron chi connectivity index (χ2n) is 5.41. The van der Waals surface area contributed by atoms with E-state index in [1.165, 1.54) is 5.56 Å². The molecule has 2 aromatic rings. The van der Waals surface area contributed by atoms with Crippen LogP contribution in [-0.2, 0) is 4.79 Å². The molecule has 3 heteroatoms. The van der Waals surface area contributed by atoms with Gasteiger partial charge in [0.05, 0.1) is 0 Å². The monoisotopic (exact) mass is 282 g/mol. The van der Waals surface area contributed by atoms with Gasteiger partial charge in [0.2, 0.25) is 0 Å². The lowest BCUT2D eigenvalue weighted by Crippen LogP contribution is -2.11. The molecule has 1 fully saturated rings. The number of aryl methyl sites for hydroxylation is 1. The van der Waals surface area contributed by atoms with E-state index in [9.17, 15) is 4.79 Å². The topological polar surface area (TPSA) is 35.5 Å². The molecule has 0 bridgehead atoms. The van der Waals surface area contributed by atoms with E-state index in [0.717, 1.165) is 23.7 Å². The molecule has 1 unspecified atom stereocenters. The fraction of sp³-hybridized carbons (Fsp3) is 0.278. The minimum atomic E-state index is 0.0290. The van der Waals surface area contributed by atoms with Crippen molar-refractivity contribution in [3.8, 4) is 17.2 Å². The zero-order chi connectivity index (χ0) is 14.7. The van der Waals surface area contributed by atoms with Crippen LogP contribution in [0.4, 0.5) is 0 Å². The van der Waals surface area contributed by atoms with Crippen LogP contribution in [0.15, 0.2) is 48.5 Å². The molecule has 21 heavy (non-hydrogen) atoms. The Balaban J connectivity index is 1.61. The van der Waals surface area contributed by atoms with Crippen molar-refractivity contribution in [1.82, 2.24) is 0 Å². The highest BCUT2D eigenvalue weighted by atomic mass is 16.5. The molecule has 0 amide bonds. The molecule has 108 valence electrons. The maximum absolute atomic E-state index is 11.2. The van der Waals surface area contributed by atoms with Crippen molar-refractivity contribution < 1.29 is 14.3 Å². The summed E-state index contributed by atoms with van der Waals surface area (Å²) in [4.78, 5) is 11.2. The van der Waals surface area contributed by atoms with E-state index in [4.69, 9.17) is 9.47 Å². The zero-order valence-electron chi connectivity index (χ0n) is 12.0. The van der Waals surface area contributed by atoms with Gasteiger partial charge in [-0.15, -0.1) is 0 Å². The van der Waals surface area contributed by atoms with E-state index in [2.05, 4.69) is 0 Å². The molecule has 0 heterocycles. The van der Waals surface area contributed by atoms with Gasteiger partial charge in [0.1, 0.15) is 29.1 Å². The second kappa shape index (κ2) is 6.00. The van der Waals surface area contributed by atoms with E-state index in [0.29, 0.717) is 18.6 Å². The number of carbonyl (C=O) groups is 1. The molecule has 0 radical (unpaired) electrons. The molecule has 0 aromatic heterocycles. The molecule has 0 aliphatic heterocycles. The minimum Gasteiger partial charge on any atom is -0.490 e. The summed E-state index contributed by atoms with van der Waals surface area (Å²) in [6.07, 6.45) is 2.02. The molecule has 1 atom stereocenters. The molecular weight excluding hydrogens is 264 g/mol. The Morgan fingerprint density at radius 1 is 0.905 bits per heavy atom. The van der Waals surface area contributed by atoms with E-state index in [1.54, 1.807) is 0 Å². The van der Waals surface area contributed by atoms with Crippen LogP contribution in [0, 0.1) is 6.92 Å². The lowest BCUT2D eigenvalue weighted by atomic mass is 10.2. The maximum atomic E-state index is 11.2. The van der Waals surface area contributed by atoms with Gasteiger partial charge in [-0.05, 0) is 49.7 Å². The van der Waals surface area contributed by atoms with Gasteiger partial charge in [-0.25, -0.2) is 0 Å². The molecule has 1 saturated carbocycles. The number of hydrogen-bond donors (Lipinski definition) is 0.